The highest BCUT2D eigenvalue weighted by molar-refractivity contribution is 6.10. The van der Waals surface area contributed by atoms with Gasteiger partial charge in [-0.15, -0.1) is 0 Å². The van der Waals surface area contributed by atoms with E-state index in [1.165, 1.54) is 49.3 Å². The van der Waals surface area contributed by atoms with E-state index >= 15 is 0 Å². The third-order valence-electron chi connectivity index (χ3n) is 7.53. The van der Waals surface area contributed by atoms with Gasteiger partial charge in [0.15, 0.2) is 0 Å². The van der Waals surface area contributed by atoms with E-state index in [1.807, 2.05) is 0 Å². The van der Waals surface area contributed by atoms with E-state index in [9.17, 15) is 37.1 Å². The predicted octanol–water partition coefficient (Wildman–Crippen LogP) is 5.93. The van der Waals surface area contributed by atoms with Crippen LogP contribution in [0.4, 0.5) is 18.9 Å². The largest absolute Gasteiger partial charge is 0.465 e. The van der Waals surface area contributed by atoms with Crippen molar-refractivity contribution in [1.82, 2.24) is 4.90 Å². The molecule has 0 aliphatic heterocycles. The van der Waals surface area contributed by atoms with Crippen LogP contribution in [0, 0.1) is 0 Å². The van der Waals surface area contributed by atoms with Gasteiger partial charge in [0.25, 0.3) is 11.8 Å². The number of halogens is 3. The Hall–Kier alpha value is -5.20. The molecule has 262 valence electrons. The first kappa shape index (κ1) is 38.2. The molecule has 0 radical (unpaired) electrons. The van der Waals surface area contributed by atoms with Gasteiger partial charge in [0.05, 0.1) is 36.4 Å². The summed E-state index contributed by atoms with van der Waals surface area (Å²) >= 11 is 0. The van der Waals surface area contributed by atoms with Crippen molar-refractivity contribution in [2.75, 3.05) is 39.2 Å². The van der Waals surface area contributed by atoms with E-state index in [0.29, 0.717) is 5.56 Å². The molecule has 0 bridgehead atoms. The SMILES string of the molecule is CCOC(=O)C(COC(=O)Cc1ccc(NC(=O)c2ccc(C(F)(F)F)cc2C(C)C)c(C(=O)N(C)C)c1)(C(=O)OCC)c1ccccc1. The minimum absolute atomic E-state index is 0.00154. The summed E-state index contributed by atoms with van der Waals surface area (Å²) in [6.07, 6.45) is -4.99. The summed E-state index contributed by atoms with van der Waals surface area (Å²) in [6.45, 7) is 5.62. The molecule has 0 spiro atoms. The lowest BCUT2D eigenvalue weighted by molar-refractivity contribution is -0.170. The number of esters is 3. The molecule has 3 rings (SSSR count). The van der Waals surface area contributed by atoms with Crippen molar-refractivity contribution in [2.24, 2.45) is 0 Å². The highest BCUT2D eigenvalue weighted by Crippen LogP contribution is 2.33. The Morgan fingerprint density at radius 2 is 1.39 bits per heavy atom. The first-order valence-electron chi connectivity index (χ1n) is 15.5. The molecule has 10 nitrogen and oxygen atoms in total. The number of carbonyl (C=O) groups excluding carboxylic acids is 5. The van der Waals surface area contributed by atoms with Crippen LogP contribution in [-0.4, -0.2) is 68.5 Å². The average Bonchev–Trinajstić information content (AvgIpc) is 3.05. The molecule has 49 heavy (non-hydrogen) atoms. The molecule has 3 aromatic carbocycles. The predicted molar refractivity (Wildman–Crippen MR) is 174 cm³/mol. The zero-order valence-corrected chi connectivity index (χ0v) is 28.1. The van der Waals surface area contributed by atoms with Gasteiger partial charge >= 0.3 is 24.1 Å². The van der Waals surface area contributed by atoms with Crippen molar-refractivity contribution in [3.05, 3.63) is 100 Å². The summed E-state index contributed by atoms with van der Waals surface area (Å²) in [5.74, 6) is -4.45. The van der Waals surface area contributed by atoms with Gasteiger partial charge in [-0.1, -0.05) is 50.2 Å². The summed E-state index contributed by atoms with van der Waals surface area (Å²) in [4.78, 5) is 67.4. The Labute approximate surface area is 282 Å². The van der Waals surface area contributed by atoms with Crippen molar-refractivity contribution in [3.8, 4) is 0 Å². The summed E-state index contributed by atoms with van der Waals surface area (Å²) in [5.41, 5.74) is -2.26. The number of alkyl halides is 3. The first-order valence-corrected chi connectivity index (χ1v) is 15.5. The van der Waals surface area contributed by atoms with E-state index in [-0.39, 0.29) is 41.2 Å². The van der Waals surface area contributed by atoms with Crippen LogP contribution < -0.4 is 5.32 Å². The lowest BCUT2D eigenvalue weighted by Crippen LogP contribution is -2.50. The lowest BCUT2D eigenvalue weighted by Gasteiger charge is -2.29. The van der Waals surface area contributed by atoms with Crippen LogP contribution in [0.1, 0.15) is 76.6 Å². The normalized spacial score (nSPS) is 11.5. The minimum Gasteiger partial charge on any atom is -0.465 e. The third-order valence-corrected chi connectivity index (χ3v) is 7.53. The number of anilines is 1. The molecule has 3 aromatic rings. The van der Waals surface area contributed by atoms with Gasteiger partial charge in [-0.25, -0.2) is 0 Å². The Morgan fingerprint density at radius 3 is 1.92 bits per heavy atom. The van der Waals surface area contributed by atoms with Crippen molar-refractivity contribution < 1.29 is 51.4 Å². The Bertz CT molecular complexity index is 1670. The quantitative estimate of drug-likeness (QED) is 0.133. The number of amides is 2. The zero-order chi connectivity index (χ0) is 36.5. The second-order valence-corrected chi connectivity index (χ2v) is 11.5. The van der Waals surface area contributed by atoms with Crippen LogP contribution in [0.5, 0.6) is 0 Å². The maximum atomic E-state index is 13.4. The van der Waals surface area contributed by atoms with E-state index in [1.54, 1.807) is 45.9 Å². The molecular formula is C36H39F3N2O8. The van der Waals surface area contributed by atoms with Gasteiger partial charge in [0, 0.05) is 19.7 Å². The molecule has 0 saturated carbocycles. The maximum absolute atomic E-state index is 13.4. The standard InChI is InChI=1S/C36H39F3N2O8/c1-7-47-33(45)35(34(46)48-8-2,24-12-10-9-11-13-24)21-49-30(42)19-23-14-17-29(28(18-23)32(44)41(5)6)40-31(43)26-16-15-25(36(37,38)39)20-27(26)22(3)4/h9-18,20,22H,7-8,19,21H2,1-6H3,(H,40,43). The second-order valence-electron chi connectivity index (χ2n) is 11.5. The summed E-state index contributed by atoms with van der Waals surface area (Å²) < 4.78 is 56.0. The van der Waals surface area contributed by atoms with Gasteiger partial charge in [0.1, 0.15) is 6.61 Å². The van der Waals surface area contributed by atoms with Crippen LogP contribution in [0.3, 0.4) is 0 Å². The Kier molecular flexibility index (Phi) is 12.7. The van der Waals surface area contributed by atoms with Crippen molar-refractivity contribution in [2.45, 2.75) is 51.6 Å². The lowest BCUT2D eigenvalue weighted by atomic mass is 9.81. The van der Waals surface area contributed by atoms with Crippen molar-refractivity contribution in [3.63, 3.8) is 0 Å². The highest BCUT2D eigenvalue weighted by atomic mass is 19.4. The van der Waals surface area contributed by atoms with E-state index in [2.05, 4.69) is 5.32 Å². The number of hydrogen-bond donors (Lipinski definition) is 1. The molecule has 0 saturated heterocycles. The van der Waals surface area contributed by atoms with Gasteiger partial charge in [-0.3, -0.25) is 24.0 Å². The Balaban J connectivity index is 1.92. The van der Waals surface area contributed by atoms with E-state index in [4.69, 9.17) is 14.2 Å². The molecule has 2 amide bonds. The second kappa shape index (κ2) is 16.3. The van der Waals surface area contributed by atoms with E-state index in [0.717, 1.165) is 18.2 Å². The van der Waals surface area contributed by atoms with Crippen LogP contribution >= 0.6 is 0 Å². The van der Waals surface area contributed by atoms with Crippen LogP contribution in [0.25, 0.3) is 0 Å². The number of rotatable bonds is 13. The molecule has 0 aromatic heterocycles. The number of hydrogen-bond acceptors (Lipinski definition) is 8. The number of carbonyl (C=O) groups is 5. The van der Waals surface area contributed by atoms with Crippen LogP contribution in [0.2, 0.25) is 0 Å². The molecule has 0 atom stereocenters. The van der Waals surface area contributed by atoms with Crippen LogP contribution in [-0.2, 0) is 46.6 Å². The van der Waals surface area contributed by atoms with Gasteiger partial charge in [-0.05, 0) is 66.8 Å². The molecule has 0 unspecified atom stereocenters. The van der Waals surface area contributed by atoms with E-state index < -0.39 is 65.8 Å². The molecule has 1 N–H and O–H groups in total. The van der Waals surface area contributed by atoms with Gasteiger partial charge in [0.2, 0.25) is 5.41 Å². The fourth-order valence-corrected chi connectivity index (χ4v) is 5.00. The summed E-state index contributed by atoms with van der Waals surface area (Å²) in [6, 6.07) is 15.0. The number of nitrogens with zero attached hydrogens (tertiary/aromatic N) is 1. The first-order chi connectivity index (χ1) is 23.1. The summed E-state index contributed by atoms with van der Waals surface area (Å²) in [7, 11) is 2.96. The molecule has 0 aliphatic rings. The third kappa shape index (κ3) is 9.04. The fraction of sp³-hybridized carbons (Fsp3) is 0.361. The summed E-state index contributed by atoms with van der Waals surface area (Å²) in [5, 5.41) is 2.62. The highest BCUT2D eigenvalue weighted by Gasteiger charge is 2.52. The zero-order valence-electron chi connectivity index (χ0n) is 28.1. The maximum Gasteiger partial charge on any atom is 0.416 e. The number of benzene rings is 3. The smallest absolute Gasteiger partial charge is 0.416 e. The molecule has 13 heteroatoms. The number of ether oxygens (including phenoxy) is 3. The molecular weight excluding hydrogens is 645 g/mol. The average molecular weight is 685 g/mol. The molecule has 0 fully saturated rings. The van der Waals surface area contributed by atoms with Crippen molar-refractivity contribution >= 4 is 35.4 Å². The number of nitrogens with one attached hydrogen (secondary N) is 1. The topological polar surface area (TPSA) is 128 Å². The van der Waals surface area contributed by atoms with Gasteiger partial charge < -0.3 is 24.4 Å². The van der Waals surface area contributed by atoms with Gasteiger partial charge in [-0.2, -0.15) is 13.2 Å². The van der Waals surface area contributed by atoms with Crippen molar-refractivity contribution in [1.29, 1.82) is 0 Å². The fourth-order valence-electron chi connectivity index (χ4n) is 5.00. The minimum atomic E-state index is -4.60. The van der Waals surface area contributed by atoms with Crippen LogP contribution in [0.15, 0.2) is 66.7 Å². The molecule has 0 heterocycles. The molecule has 0 aliphatic carbocycles. The Morgan fingerprint density at radius 1 is 0.776 bits per heavy atom. The monoisotopic (exact) mass is 684 g/mol.